The quantitative estimate of drug-likeness (QED) is 0.337. The number of rotatable bonds is 7. The summed E-state index contributed by atoms with van der Waals surface area (Å²) < 4.78 is 6.87. The second kappa shape index (κ2) is 10.1. The summed E-state index contributed by atoms with van der Waals surface area (Å²) in [5.74, 6) is -0.434. The van der Waals surface area contributed by atoms with Crippen LogP contribution in [0, 0.1) is 0 Å². The van der Waals surface area contributed by atoms with Crippen LogP contribution in [0.15, 0.2) is 88.8 Å². The molecule has 0 aliphatic rings. The van der Waals surface area contributed by atoms with Gasteiger partial charge in [-0.3, -0.25) is 24.3 Å². The number of fused-ring (bicyclic) bond motifs is 1. The molecular weight excluding hydrogens is 438 g/mol. The number of amides is 2. The summed E-state index contributed by atoms with van der Waals surface area (Å²) in [5, 5.41) is 3.18. The van der Waals surface area contributed by atoms with E-state index < -0.39 is 5.91 Å². The molecule has 0 fully saturated rings. The van der Waals surface area contributed by atoms with Crippen molar-refractivity contribution < 1.29 is 14.3 Å². The number of imide groups is 1. The molecule has 1 aromatic heterocycles. The van der Waals surface area contributed by atoms with Crippen LogP contribution in [0.3, 0.4) is 0 Å². The van der Waals surface area contributed by atoms with Crippen LogP contribution in [0.1, 0.15) is 5.56 Å². The Morgan fingerprint density at radius 1 is 0.939 bits per heavy atom. The Morgan fingerprint density at radius 2 is 1.64 bits per heavy atom. The Bertz CT molecular complexity index is 1370. The Balaban J connectivity index is 1.60. The molecule has 1 N–H and O–H groups in total. The number of hydrogen-bond acceptors (Lipinski definition) is 6. The van der Waals surface area contributed by atoms with Gasteiger partial charge in [-0.05, 0) is 29.8 Å². The van der Waals surface area contributed by atoms with Crippen molar-refractivity contribution >= 4 is 34.5 Å². The molecule has 4 aromatic rings. The SMILES string of the molecule is COc1ccccc1-n1c(SCC(=O)NC(=O)Cc2ccccc2)nc2ccccc2c1=O. The zero-order valence-corrected chi connectivity index (χ0v) is 18.7. The third-order valence-electron chi connectivity index (χ3n) is 4.89. The lowest BCUT2D eigenvalue weighted by molar-refractivity contribution is -0.128. The molecule has 0 bridgehead atoms. The van der Waals surface area contributed by atoms with Crippen LogP contribution in [0.25, 0.3) is 16.6 Å². The topological polar surface area (TPSA) is 90.3 Å². The molecule has 1 heterocycles. The highest BCUT2D eigenvalue weighted by Gasteiger charge is 2.18. The number of nitrogens with zero attached hydrogens (tertiary/aromatic N) is 2. The van der Waals surface area contributed by atoms with Gasteiger partial charge in [-0.2, -0.15) is 0 Å². The zero-order chi connectivity index (χ0) is 23.2. The summed E-state index contributed by atoms with van der Waals surface area (Å²) in [7, 11) is 1.52. The molecule has 0 aliphatic heterocycles. The molecule has 2 amide bonds. The van der Waals surface area contributed by atoms with Gasteiger partial charge in [-0.25, -0.2) is 4.98 Å². The van der Waals surface area contributed by atoms with Crippen molar-refractivity contribution in [2.75, 3.05) is 12.9 Å². The van der Waals surface area contributed by atoms with Crippen LogP contribution in [0.4, 0.5) is 0 Å². The van der Waals surface area contributed by atoms with Crippen molar-refractivity contribution in [2.45, 2.75) is 11.6 Å². The molecule has 0 saturated heterocycles. The van der Waals surface area contributed by atoms with E-state index in [9.17, 15) is 14.4 Å². The second-order valence-electron chi connectivity index (χ2n) is 7.15. The summed E-state index contributed by atoms with van der Waals surface area (Å²) in [6, 6.07) is 23.3. The van der Waals surface area contributed by atoms with Crippen LogP contribution in [0.2, 0.25) is 0 Å². The summed E-state index contributed by atoms with van der Waals surface area (Å²) in [4.78, 5) is 42.6. The normalized spacial score (nSPS) is 10.7. The van der Waals surface area contributed by atoms with Crippen molar-refractivity contribution in [3.05, 3.63) is 94.8 Å². The maximum absolute atomic E-state index is 13.3. The molecule has 0 atom stereocenters. The van der Waals surface area contributed by atoms with Crippen molar-refractivity contribution in [2.24, 2.45) is 0 Å². The minimum Gasteiger partial charge on any atom is -0.495 e. The standard InChI is InChI=1S/C25H21N3O4S/c1-32-21-14-8-7-13-20(21)28-24(31)18-11-5-6-12-19(18)26-25(28)33-16-23(30)27-22(29)15-17-9-3-2-4-10-17/h2-14H,15-16H2,1H3,(H,27,29,30). The van der Waals surface area contributed by atoms with Gasteiger partial charge in [0.25, 0.3) is 5.56 Å². The maximum atomic E-state index is 13.3. The fraction of sp³-hybridized carbons (Fsp3) is 0.120. The smallest absolute Gasteiger partial charge is 0.266 e. The molecule has 0 spiro atoms. The highest BCUT2D eigenvalue weighted by atomic mass is 32.2. The number of methoxy groups -OCH3 is 1. The highest BCUT2D eigenvalue weighted by Crippen LogP contribution is 2.27. The molecule has 166 valence electrons. The molecule has 8 heteroatoms. The lowest BCUT2D eigenvalue weighted by Gasteiger charge is -2.15. The van der Waals surface area contributed by atoms with Gasteiger partial charge in [-0.1, -0.05) is 66.4 Å². The minimum absolute atomic E-state index is 0.0829. The van der Waals surface area contributed by atoms with Gasteiger partial charge in [0, 0.05) is 0 Å². The van der Waals surface area contributed by atoms with E-state index in [-0.39, 0.29) is 23.6 Å². The number of thioether (sulfide) groups is 1. The van der Waals surface area contributed by atoms with Crippen LogP contribution in [-0.2, 0) is 16.0 Å². The van der Waals surface area contributed by atoms with Crippen molar-refractivity contribution in [1.29, 1.82) is 0 Å². The lowest BCUT2D eigenvalue weighted by atomic mass is 10.1. The fourth-order valence-electron chi connectivity index (χ4n) is 3.38. The van der Waals surface area contributed by atoms with Crippen LogP contribution in [0.5, 0.6) is 5.75 Å². The molecule has 0 aliphatic carbocycles. The van der Waals surface area contributed by atoms with E-state index >= 15 is 0 Å². The Hall–Kier alpha value is -3.91. The fourth-order valence-corrected chi connectivity index (χ4v) is 4.19. The summed E-state index contributed by atoms with van der Waals surface area (Å²) in [6.45, 7) is 0. The largest absolute Gasteiger partial charge is 0.495 e. The van der Waals surface area contributed by atoms with E-state index in [1.807, 2.05) is 30.3 Å². The molecule has 0 unspecified atom stereocenters. The third-order valence-corrected chi connectivity index (χ3v) is 5.83. The first kappa shape index (κ1) is 22.3. The minimum atomic E-state index is -0.463. The molecule has 4 rings (SSSR count). The first-order valence-corrected chi connectivity index (χ1v) is 11.2. The average Bonchev–Trinajstić information content (AvgIpc) is 2.83. The second-order valence-corrected chi connectivity index (χ2v) is 8.09. The molecule has 33 heavy (non-hydrogen) atoms. The molecule has 0 radical (unpaired) electrons. The molecule has 0 saturated carbocycles. The van der Waals surface area contributed by atoms with Crippen molar-refractivity contribution in [1.82, 2.24) is 14.9 Å². The van der Waals surface area contributed by atoms with Gasteiger partial charge in [-0.15, -0.1) is 0 Å². The van der Waals surface area contributed by atoms with Gasteiger partial charge in [0.15, 0.2) is 5.16 Å². The van der Waals surface area contributed by atoms with Gasteiger partial charge in [0.2, 0.25) is 11.8 Å². The van der Waals surface area contributed by atoms with Gasteiger partial charge < -0.3 is 4.74 Å². The number of nitrogens with one attached hydrogen (secondary N) is 1. The zero-order valence-electron chi connectivity index (χ0n) is 17.9. The first-order valence-electron chi connectivity index (χ1n) is 10.2. The summed E-state index contributed by atoms with van der Waals surface area (Å²) in [6.07, 6.45) is 0.109. The molecule has 3 aromatic carbocycles. The van der Waals surface area contributed by atoms with E-state index in [1.165, 1.54) is 11.7 Å². The number of ether oxygens (including phenoxy) is 1. The number of hydrogen-bond donors (Lipinski definition) is 1. The van der Waals surface area contributed by atoms with Crippen molar-refractivity contribution in [3.8, 4) is 11.4 Å². The lowest BCUT2D eigenvalue weighted by Crippen LogP contribution is -2.33. The Kier molecular flexibility index (Phi) is 6.85. The van der Waals surface area contributed by atoms with Gasteiger partial charge >= 0.3 is 0 Å². The summed E-state index contributed by atoms with van der Waals surface area (Å²) in [5.41, 5.74) is 1.59. The Morgan fingerprint density at radius 3 is 2.42 bits per heavy atom. The van der Waals surface area contributed by atoms with E-state index in [0.717, 1.165) is 17.3 Å². The van der Waals surface area contributed by atoms with Gasteiger partial charge in [0.05, 0.1) is 35.9 Å². The average molecular weight is 460 g/mol. The van der Waals surface area contributed by atoms with Crippen LogP contribution >= 0.6 is 11.8 Å². The first-order chi connectivity index (χ1) is 16.1. The highest BCUT2D eigenvalue weighted by molar-refractivity contribution is 7.99. The number of carbonyl (C=O) groups is 2. The van der Waals surface area contributed by atoms with E-state index in [4.69, 9.17) is 4.74 Å². The predicted molar refractivity (Wildman–Crippen MR) is 128 cm³/mol. The van der Waals surface area contributed by atoms with Crippen LogP contribution in [-0.4, -0.2) is 34.2 Å². The maximum Gasteiger partial charge on any atom is 0.266 e. The van der Waals surface area contributed by atoms with E-state index in [2.05, 4.69) is 10.3 Å². The third kappa shape index (κ3) is 5.12. The Labute approximate surface area is 194 Å². The van der Waals surface area contributed by atoms with Gasteiger partial charge in [0.1, 0.15) is 5.75 Å². The van der Waals surface area contributed by atoms with E-state index in [0.29, 0.717) is 27.5 Å². The summed E-state index contributed by atoms with van der Waals surface area (Å²) >= 11 is 1.08. The van der Waals surface area contributed by atoms with Crippen molar-refractivity contribution in [3.63, 3.8) is 0 Å². The molecule has 7 nitrogen and oxygen atoms in total. The van der Waals surface area contributed by atoms with E-state index in [1.54, 1.807) is 48.5 Å². The molecular formula is C25H21N3O4S. The number of para-hydroxylation sites is 3. The number of aromatic nitrogens is 2. The monoisotopic (exact) mass is 459 g/mol. The number of benzene rings is 3. The van der Waals surface area contributed by atoms with Crippen LogP contribution < -0.4 is 15.6 Å². The number of carbonyl (C=O) groups excluding carboxylic acids is 2. The predicted octanol–water partition coefficient (Wildman–Crippen LogP) is 3.37.